The molecule has 0 radical (unpaired) electrons. The Labute approximate surface area is 208 Å². The number of benzene rings is 2. The van der Waals surface area contributed by atoms with Crippen LogP contribution in [-0.4, -0.2) is 52.8 Å². The zero-order chi connectivity index (χ0) is 25.8. The molecule has 0 aliphatic carbocycles. The molecule has 0 aliphatic rings. The van der Waals surface area contributed by atoms with E-state index in [1.165, 1.54) is 12.4 Å². The summed E-state index contributed by atoms with van der Waals surface area (Å²) in [6.45, 7) is 2.31. The van der Waals surface area contributed by atoms with Crippen LogP contribution in [-0.2, 0) is 0 Å². The van der Waals surface area contributed by atoms with Gasteiger partial charge in [-0.1, -0.05) is 24.3 Å². The maximum Gasteiger partial charge on any atom is 0.333 e. The van der Waals surface area contributed by atoms with Gasteiger partial charge in [-0.15, -0.1) is 0 Å². The standard InChI is InChI=1S/C27H29F2N5O2/c1-17-9-10-20(36-12-11-33(3)4)13-22(17)26(35)31-18(2)23-14-25(19-15-30-34(16-19)27(28)29)32-24-8-6-5-7-21(23)24/h5-10,13-16,18,27H,11-12H2,1-4H3,(H,31,35). The maximum absolute atomic E-state index is 13.3. The Balaban J connectivity index is 1.61. The second kappa shape index (κ2) is 10.8. The molecule has 2 aromatic carbocycles. The topological polar surface area (TPSA) is 72.3 Å². The first kappa shape index (κ1) is 25.2. The number of rotatable bonds is 9. The molecule has 9 heteroatoms. The van der Waals surface area contributed by atoms with Gasteiger partial charge in [0.1, 0.15) is 12.4 Å². The summed E-state index contributed by atoms with van der Waals surface area (Å²) in [7, 11) is 3.94. The summed E-state index contributed by atoms with van der Waals surface area (Å²) in [6, 6.07) is 14.4. The van der Waals surface area contributed by atoms with Crippen LogP contribution in [0.15, 0.2) is 60.9 Å². The molecule has 0 spiro atoms. The van der Waals surface area contributed by atoms with E-state index in [4.69, 9.17) is 4.74 Å². The van der Waals surface area contributed by atoms with E-state index in [1.54, 1.807) is 6.07 Å². The highest BCUT2D eigenvalue weighted by atomic mass is 19.3. The van der Waals surface area contributed by atoms with Gasteiger partial charge in [0, 0.05) is 29.3 Å². The number of aromatic nitrogens is 3. The molecule has 0 saturated carbocycles. The Hall–Kier alpha value is -3.85. The lowest BCUT2D eigenvalue weighted by molar-refractivity contribution is 0.0566. The van der Waals surface area contributed by atoms with Crippen LogP contribution in [0.4, 0.5) is 8.78 Å². The van der Waals surface area contributed by atoms with E-state index in [1.807, 2.05) is 75.3 Å². The van der Waals surface area contributed by atoms with Gasteiger partial charge in [-0.3, -0.25) is 4.79 Å². The van der Waals surface area contributed by atoms with Crippen molar-refractivity contribution in [2.24, 2.45) is 0 Å². The van der Waals surface area contributed by atoms with Crippen molar-refractivity contribution in [3.63, 3.8) is 0 Å². The van der Waals surface area contributed by atoms with Crippen molar-refractivity contribution in [1.29, 1.82) is 0 Å². The second-order valence-corrected chi connectivity index (χ2v) is 8.92. The van der Waals surface area contributed by atoms with Gasteiger partial charge < -0.3 is 15.0 Å². The number of ether oxygens (including phenoxy) is 1. The Kier molecular flexibility index (Phi) is 7.59. The zero-order valence-corrected chi connectivity index (χ0v) is 20.7. The van der Waals surface area contributed by atoms with Gasteiger partial charge in [0.15, 0.2) is 0 Å². The quantitative estimate of drug-likeness (QED) is 0.346. The number of halogens is 2. The van der Waals surface area contributed by atoms with Crippen LogP contribution >= 0.6 is 0 Å². The van der Waals surface area contributed by atoms with Crippen LogP contribution in [0, 0.1) is 6.92 Å². The Morgan fingerprint density at radius 2 is 1.94 bits per heavy atom. The predicted octanol–water partition coefficient (Wildman–Crippen LogP) is 5.23. The molecule has 4 aromatic rings. The molecule has 7 nitrogen and oxygen atoms in total. The third-order valence-electron chi connectivity index (χ3n) is 5.92. The molecule has 188 valence electrons. The molecule has 2 heterocycles. The molecule has 36 heavy (non-hydrogen) atoms. The third-order valence-corrected chi connectivity index (χ3v) is 5.92. The molecular weight excluding hydrogens is 464 g/mol. The number of carbonyl (C=O) groups excluding carboxylic acids is 1. The van der Waals surface area contributed by atoms with Crippen LogP contribution in [0.3, 0.4) is 0 Å². The van der Waals surface area contributed by atoms with Crippen molar-refractivity contribution >= 4 is 16.8 Å². The summed E-state index contributed by atoms with van der Waals surface area (Å²) in [5.41, 5.74) is 3.86. The van der Waals surface area contributed by atoms with E-state index in [9.17, 15) is 13.6 Å². The van der Waals surface area contributed by atoms with Crippen molar-refractivity contribution in [1.82, 2.24) is 25.0 Å². The molecular formula is C27H29F2N5O2. The number of nitrogens with zero attached hydrogens (tertiary/aromatic N) is 4. The number of fused-ring (bicyclic) bond motifs is 1. The highest BCUT2D eigenvalue weighted by molar-refractivity contribution is 5.96. The molecule has 2 aromatic heterocycles. The second-order valence-electron chi connectivity index (χ2n) is 8.92. The largest absolute Gasteiger partial charge is 0.492 e. The van der Waals surface area contributed by atoms with Crippen LogP contribution in [0.5, 0.6) is 5.75 Å². The summed E-state index contributed by atoms with van der Waals surface area (Å²) >= 11 is 0. The number of hydrogen-bond acceptors (Lipinski definition) is 5. The molecule has 1 atom stereocenters. The number of amides is 1. The first-order chi connectivity index (χ1) is 17.2. The highest BCUT2D eigenvalue weighted by Gasteiger charge is 2.19. The lowest BCUT2D eigenvalue weighted by Gasteiger charge is -2.19. The minimum atomic E-state index is -2.73. The Bertz CT molecular complexity index is 1370. The molecule has 0 saturated heterocycles. The smallest absolute Gasteiger partial charge is 0.333 e. The van der Waals surface area contributed by atoms with Crippen LogP contribution in [0.1, 0.15) is 41.0 Å². The third kappa shape index (κ3) is 5.68. The van der Waals surface area contributed by atoms with E-state index >= 15 is 0 Å². The van der Waals surface area contributed by atoms with Crippen LogP contribution in [0.2, 0.25) is 0 Å². The minimum Gasteiger partial charge on any atom is -0.492 e. The number of para-hydroxylation sites is 1. The fourth-order valence-electron chi connectivity index (χ4n) is 3.92. The Morgan fingerprint density at radius 3 is 2.67 bits per heavy atom. The van der Waals surface area contributed by atoms with E-state index in [0.717, 1.165) is 23.1 Å². The number of carbonyl (C=O) groups is 1. The molecule has 1 amide bonds. The van der Waals surface area contributed by atoms with Gasteiger partial charge in [0.25, 0.3) is 5.91 Å². The van der Waals surface area contributed by atoms with E-state index in [-0.39, 0.29) is 11.9 Å². The van der Waals surface area contributed by atoms with Gasteiger partial charge in [-0.2, -0.15) is 13.9 Å². The fourth-order valence-corrected chi connectivity index (χ4v) is 3.92. The number of pyridine rings is 1. The van der Waals surface area contributed by atoms with Crippen LogP contribution in [0.25, 0.3) is 22.2 Å². The molecule has 1 unspecified atom stereocenters. The number of hydrogen-bond donors (Lipinski definition) is 1. The summed E-state index contributed by atoms with van der Waals surface area (Å²) in [4.78, 5) is 19.9. The van der Waals surface area contributed by atoms with Crippen LogP contribution < -0.4 is 10.1 Å². The average molecular weight is 494 g/mol. The van der Waals surface area contributed by atoms with Crippen molar-refractivity contribution in [3.8, 4) is 17.0 Å². The highest BCUT2D eigenvalue weighted by Crippen LogP contribution is 2.29. The first-order valence-electron chi connectivity index (χ1n) is 11.6. The van der Waals surface area contributed by atoms with E-state index in [2.05, 4.69) is 15.4 Å². The summed E-state index contributed by atoms with van der Waals surface area (Å²) in [5.74, 6) is 0.402. The van der Waals surface area contributed by atoms with Gasteiger partial charge in [-0.05, 0) is 63.3 Å². The minimum absolute atomic E-state index is 0.231. The van der Waals surface area contributed by atoms with E-state index < -0.39 is 6.55 Å². The Morgan fingerprint density at radius 1 is 1.17 bits per heavy atom. The number of nitrogens with one attached hydrogen (secondary N) is 1. The van der Waals surface area contributed by atoms with Gasteiger partial charge >= 0.3 is 6.55 Å². The van der Waals surface area contributed by atoms with Gasteiger partial charge in [-0.25, -0.2) is 9.67 Å². The van der Waals surface area contributed by atoms with Crippen molar-refractivity contribution in [2.75, 3.05) is 27.2 Å². The molecule has 4 rings (SSSR count). The average Bonchev–Trinajstić information content (AvgIpc) is 3.35. The van der Waals surface area contributed by atoms with Gasteiger partial charge in [0.2, 0.25) is 0 Å². The molecule has 0 aliphatic heterocycles. The number of alkyl halides is 2. The lowest BCUT2D eigenvalue weighted by Crippen LogP contribution is -2.27. The van der Waals surface area contributed by atoms with Crippen molar-refractivity contribution in [3.05, 3.63) is 77.6 Å². The van der Waals surface area contributed by atoms with Crippen molar-refractivity contribution in [2.45, 2.75) is 26.4 Å². The van der Waals surface area contributed by atoms with Crippen molar-refractivity contribution < 1.29 is 18.3 Å². The van der Waals surface area contributed by atoms with E-state index in [0.29, 0.717) is 39.4 Å². The van der Waals surface area contributed by atoms with Gasteiger partial charge in [0.05, 0.1) is 23.4 Å². The SMILES string of the molecule is Cc1ccc(OCCN(C)C)cc1C(=O)NC(C)c1cc(-c2cnn(C(F)F)c2)nc2ccccc12. The first-order valence-corrected chi connectivity index (χ1v) is 11.6. The molecule has 0 bridgehead atoms. The fraction of sp³-hybridized carbons (Fsp3) is 0.296. The zero-order valence-electron chi connectivity index (χ0n) is 20.7. The molecule has 1 N–H and O–H groups in total. The molecule has 0 fully saturated rings. The lowest BCUT2D eigenvalue weighted by atomic mass is 9.99. The normalized spacial score (nSPS) is 12.3. The maximum atomic E-state index is 13.3. The number of aryl methyl sites for hydroxylation is 1. The summed E-state index contributed by atoms with van der Waals surface area (Å²) in [6.07, 6.45) is 2.63. The summed E-state index contributed by atoms with van der Waals surface area (Å²) in [5, 5.41) is 7.67. The monoisotopic (exact) mass is 493 g/mol. The predicted molar refractivity (Wildman–Crippen MR) is 135 cm³/mol. The summed E-state index contributed by atoms with van der Waals surface area (Å²) < 4.78 is 32.5. The number of likely N-dealkylation sites (N-methyl/N-ethyl adjacent to an activating group) is 1.